The van der Waals surface area contributed by atoms with Gasteiger partial charge in [0.25, 0.3) is 5.91 Å². The molecule has 21 heteroatoms. The second kappa shape index (κ2) is 15.9. The highest BCUT2D eigenvalue weighted by atomic mass is 35.5. The summed E-state index contributed by atoms with van der Waals surface area (Å²) in [5.74, 6) is -6.17. The van der Waals surface area contributed by atoms with Crippen LogP contribution in [0.5, 0.6) is 0 Å². The molecule has 2 atom stereocenters. The van der Waals surface area contributed by atoms with E-state index in [9.17, 15) is 44.7 Å². The summed E-state index contributed by atoms with van der Waals surface area (Å²) in [6.07, 6.45) is -5.90. The molecule has 55 heavy (non-hydrogen) atoms. The Labute approximate surface area is 313 Å². The van der Waals surface area contributed by atoms with Crippen molar-refractivity contribution in [3.63, 3.8) is 0 Å². The highest BCUT2D eigenvalue weighted by Gasteiger charge is 2.47. The van der Waals surface area contributed by atoms with Crippen LogP contribution in [0.1, 0.15) is 74.6 Å². The van der Waals surface area contributed by atoms with Crippen LogP contribution in [-0.2, 0) is 4.79 Å². The smallest absolute Gasteiger partial charge is 0.356 e. The summed E-state index contributed by atoms with van der Waals surface area (Å²) < 4.78 is 109. The minimum atomic E-state index is -4.95. The standard InChI is InChI=1S/C34H35ClF8N10O2/c1-18(33(38,39)40)28(54)46-16-26(21-8-11-24(35)23(14-21)27-47-17-49-52(27)30(36)37)51(31(44)45-13-12-32(2,3)34(41,42)43)29(55)20-6-4-19(5-7-20)25-15-48-53(50-25)22-9-10-22/h4-8,11,14-15,17-18,22,26,30H,9-10,12-13,16H2,1-3H3,(H2,44,45)(H,46,54)/t18-,26-/m1/s1. The van der Waals surface area contributed by atoms with Crippen LogP contribution in [-0.4, -0.2) is 77.9 Å². The Balaban J connectivity index is 1.57. The lowest BCUT2D eigenvalue weighted by Crippen LogP contribution is -2.51. The summed E-state index contributed by atoms with van der Waals surface area (Å²) in [6.45, 7) is -1.94. The number of alkyl halides is 8. The monoisotopic (exact) mass is 802 g/mol. The molecule has 12 nitrogen and oxygen atoms in total. The van der Waals surface area contributed by atoms with Gasteiger partial charge in [0, 0.05) is 29.8 Å². The summed E-state index contributed by atoms with van der Waals surface area (Å²) in [5.41, 5.74) is -1.43. The summed E-state index contributed by atoms with van der Waals surface area (Å²) >= 11 is 6.37. The van der Waals surface area contributed by atoms with Crippen LogP contribution in [0.2, 0.25) is 5.02 Å². The van der Waals surface area contributed by atoms with Crippen molar-refractivity contribution in [2.24, 2.45) is 11.3 Å². The van der Waals surface area contributed by atoms with Crippen LogP contribution in [0.25, 0.3) is 22.6 Å². The molecule has 2 heterocycles. The Bertz CT molecular complexity index is 2010. The van der Waals surface area contributed by atoms with Gasteiger partial charge >= 0.3 is 18.9 Å². The third-order valence-corrected chi connectivity index (χ3v) is 9.45. The van der Waals surface area contributed by atoms with Gasteiger partial charge in [0.1, 0.15) is 17.9 Å². The van der Waals surface area contributed by atoms with Gasteiger partial charge in [-0.3, -0.25) is 19.9 Å². The number of hydrogen-bond donors (Lipinski definition) is 3. The van der Waals surface area contributed by atoms with Crippen LogP contribution in [0.3, 0.4) is 0 Å². The Morgan fingerprint density at radius 1 is 1.02 bits per heavy atom. The van der Waals surface area contributed by atoms with E-state index in [-0.39, 0.29) is 32.4 Å². The first-order valence-electron chi connectivity index (χ1n) is 16.8. The molecular weight excluding hydrogens is 768 g/mol. The van der Waals surface area contributed by atoms with Gasteiger partial charge in [0.15, 0.2) is 11.8 Å². The maximum Gasteiger partial charge on any atom is 0.400 e. The number of hydrogen-bond acceptors (Lipinski definition) is 7. The molecule has 0 bridgehead atoms. The predicted octanol–water partition coefficient (Wildman–Crippen LogP) is 7.59. The van der Waals surface area contributed by atoms with Crippen LogP contribution < -0.4 is 10.6 Å². The quantitative estimate of drug-likeness (QED) is 0.0718. The number of nitrogens with zero attached hydrogens (tertiary/aromatic N) is 7. The second-order valence-electron chi connectivity index (χ2n) is 13.5. The molecule has 2 amide bonds. The van der Waals surface area contributed by atoms with E-state index in [4.69, 9.17) is 17.0 Å². The van der Waals surface area contributed by atoms with E-state index in [1.807, 2.05) is 0 Å². The van der Waals surface area contributed by atoms with Gasteiger partial charge in [0.2, 0.25) is 5.91 Å². The fourth-order valence-corrected chi connectivity index (χ4v) is 5.50. The van der Waals surface area contributed by atoms with E-state index in [2.05, 4.69) is 30.9 Å². The zero-order chi connectivity index (χ0) is 40.5. The minimum absolute atomic E-state index is 0.0352. The zero-order valence-electron chi connectivity index (χ0n) is 29.4. The lowest BCUT2D eigenvalue weighted by Gasteiger charge is -2.34. The number of rotatable bonds is 13. The van der Waals surface area contributed by atoms with E-state index in [1.54, 1.807) is 4.80 Å². The number of guanidine groups is 1. The van der Waals surface area contributed by atoms with Crippen molar-refractivity contribution < 1.29 is 44.7 Å². The highest BCUT2D eigenvalue weighted by Crippen LogP contribution is 2.40. The van der Waals surface area contributed by atoms with E-state index in [1.165, 1.54) is 48.7 Å². The predicted molar refractivity (Wildman–Crippen MR) is 183 cm³/mol. The first kappa shape index (κ1) is 41.0. The lowest BCUT2D eigenvalue weighted by atomic mass is 9.88. The van der Waals surface area contributed by atoms with Crippen LogP contribution in [0.4, 0.5) is 35.1 Å². The maximum atomic E-state index is 14.4. The van der Waals surface area contributed by atoms with Gasteiger partial charge in [-0.1, -0.05) is 43.6 Å². The topological polar surface area (TPSA) is 147 Å². The Morgan fingerprint density at radius 3 is 2.29 bits per heavy atom. The number of nitrogens with one attached hydrogen (secondary N) is 3. The molecule has 2 aromatic heterocycles. The summed E-state index contributed by atoms with van der Waals surface area (Å²) in [5, 5.41) is 25.6. The maximum absolute atomic E-state index is 14.4. The molecule has 0 radical (unpaired) electrons. The fourth-order valence-electron chi connectivity index (χ4n) is 5.30. The minimum Gasteiger partial charge on any atom is -0.356 e. The molecule has 1 fully saturated rings. The molecule has 296 valence electrons. The lowest BCUT2D eigenvalue weighted by molar-refractivity contribution is -0.213. The number of carbonyl (C=O) groups is 2. The molecule has 5 rings (SSSR count). The van der Waals surface area contributed by atoms with Crippen molar-refractivity contribution in [2.75, 3.05) is 13.1 Å². The molecule has 0 saturated heterocycles. The van der Waals surface area contributed by atoms with E-state index in [0.717, 1.165) is 37.9 Å². The number of aromatic nitrogens is 6. The zero-order valence-corrected chi connectivity index (χ0v) is 30.1. The molecule has 0 unspecified atom stereocenters. The normalized spacial score (nSPS) is 14.8. The second-order valence-corrected chi connectivity index (χ2v) is 13.9. The van der Waals surface area contributed by atoms with Crippen molar-refractivity contribution in [1.82, 2.24) is 45.3 Å². The number of amides is 2. The molecule has 0 spiro atoms. The van der Waals surface area contributed by atoms with E-state index < -0.39 is 79.4 Å². The third kappa shape index (κ3) is 9.40. The Morgan fingerprint density at radius 2 is 1.69 bits per heavy atom. The number of carbonyl (C=O) groups excluding carboxylic acids is 2. The van der Waals surface area contributed by atoms with Crippen LogP contribution in [0, 0.1) is 16.7 Å². The van der Waals surface area contributed by atoms with Gasteiger partial charge < -0.3 is 10.6 Å². The van der Waals surface area contributed by atoms with Crippen molar-refractivity contribution in [2.45, 2.75) is 71.0 Å². The van der Waals surface area contributed by atoms with Gasteiger partial charge in [-0.25, -0.2) is 4.98 Å². The SMILES string of the molecule is C[C@H](C(=O)NC[C@H](c1ccc(Cl)c(-c2ncnn2C(F)F)c1)N(C(=N)NCCC(C)(C)C(F)(F)F)C(=O)c1ccc(-c2cnn(C3CC3)n2)cc1)C(F)(F)F. The molecule has 0 aliphatic heterocycles. The van der Waals surface area contributed by atoms with Crippen LogP contribution >= 0.6 is 11.6 Å². The van der Waals surface area contributed by atoms with Crippen LogP contribution in [0.15, 0.2) is 55.0 Å². The van der Waals surface area contributed by atoms with Crippen molar-refractivity contribution in [3.05, 3.63) is 71.1 Å². The largest absolute Gasteiger partial charge is 0.400 e. The molecule has 1 aliphatic carbocycles. The van der Waals surface area contributed by atoms with Gasteiger partial charge in [0.05, 0.1) is 28.7 Å². The fraction of sp³-hybridized carbons (Fsp3) is 0.441. The van der Waals surface area contributed by atoms with Crippen molar-refractivity contribution in [1.29, 1.82) is 5.41 Å². The third-order valence-electron chi connectivity index (χ3n) is 9.12. The summed E-state index contributed by atoms with van der Waals surface area (Å²) in [4.78, 5) is 33.3. The molecular formula is C34H35ClF8N10O2. The Hall–Kier alpha value is -5.14. The summed E-state index contributed by atoms with van der Waals surface area (Å²) in [6, 6.07) is 8.13. The Kier molecular flexibility index (Phi) is 11.9. The molecule has 2 aromatic carbocycles. The molecule has 1 saturated carbocycles. The van der Waals surface area contributed by atoms with E-state index in [0.29, 0.717) is 18.2 Å². The van der Waals surface area contributed by atoms with E-state index >= 15 is 0 Å². The molecule has 3 N–H and O–H groups in total. The van der Waals surface area contributed by atoms with Gasteiger partial charge in [-0.05, 0) is 56.0 Å². The molecule has 1 aliphatic rings. The summed E-state index contributed by atoms with van der Waals surface area (Å²) in [7, 11) is 0. The van der Waals surface area contributed by atoms with Crippen molar-refractivity contribution >= 4 is 29.4 Å². The number of halogens is 9. The van der Waals surface area contributed by atoms with Crippen molar-refractivity contribution in [3.8, 4) is 22.6 Å². The number of benzene rings is 2. The van der Waals surface area contributed by atoms with Gasteiger partial charge in [-0.15, -0.1) is 0 Å². The first-order valence-corrected chi connectivity index (χ1v) is 17.1. The van der Waals surface area contributed by atoms with Gasteiger partial charge in [-0.2, -0.15) is 59.9 Å². The first-order chi connectivity index (χ1) is 25.7. The highest BCUT2D eigenvalue weighted by molar-refractivity contribution is 6.33. The average Bonchev–Trinajstić information content (AvgIpc) is 3.62. The molecule has 4 aromatic rings. The average molecular weight is 803 g/mol.